The third-order valence-corrected chi connectivity index (χ3v) is 6.87. The minimum absolute atomic E-state index is 0.234. The quantitative estimate of drug-likeness (QED) is 0.206. The van der Waals surface area contributed by atoms with E-state index in [2.05, 4.69) is 28.8 Å². The highest BCUT2D eigenvalue weighted by molar-refractivity contribution is 6.30. The molecule has 0 spiro atoms. The molecule has 5 rings (SSSR count). The first kappa shape index (κ1) is 24.8. The summed E-state index contributed by atoms with van der Waals surface area (Å²) in [4.78, 5) is 17.2. The fourth-order valence-corrected chi connectivity index (χ4v) is 4.77. The van der Waals surface area contributed by atoms with Crippen molar-refractivity contribution in [2.75, 3.05) is 7.11 Å². The summed E-state index contributed by atoms with van der Waals surface area (Å²) in [6, 6.07) is 28.2. The first-order chi connectivity index (χ1) is 17.8. The van der Waals surface area contributed by atoms with E-state index in [1.807, 2.05) is 74.5 Å². The number of pyridine rings is 1. The number of benzene rings is 3. The highest BCUT2D eigenvalue weighted by Gasteiger charge is 2.30. The number of carbonyl (C=O) groups is 1. The van der Waals surface area contributed by atoms with Crippen LogP contribution in [0.15, 0.2) is 84.9 Å². The lowest BCUT2D eigenvalue weighted by atomic mass is 9.88. The number of aromatic nitrogens is 2. The van der Waals surface area contributed by atoms with Gasteiger partial charge in [-0.15, -0.1) is 0 Å². The molecule has 0 radical (unpaired) electrons. The highest BCUT2D eigenvalue weighted by atomic mass is 35.5. The number of para-hydroxylation sites is 1. The van der Waals surface area contributed by atoms with Crippen LogP contribution in [-0.4, -0.2) is 22.6 Å². The molecule has 0 N–H and O–H groups in total. The van der Waals surface area contributed by atoms with Gasteiger partial charge in [-0.1, -0.05) is 48.0 Å². The fourth-order valence-electron chi connectivity index (χ4n) is 4.65. The van der Waals surface area contributed by atoms with Gasteiger partial charge in [-0.2, -0.15) is 0 Å². The minimum atomic E-state index is -0.665. The highest BCUT2D eigenvalue weighted by Crippen LogP contribution is 2.31. The Morgan fingerprint density at radius 2 is 1.73 bits per heavy atom. The van der Waals surface area contributed by atoms with E-state index in [0.29, 0.717) is 24.6 Å². The van der Waals surface area contributed by atoms with E-state index >= 15 is 0 Å². The number of halogens is 1. The van der Waals surface area contributed by atoms with Gasteiger partial charge < -0.3 is 14.0 Å². The van der Waals surface area contributed by atoms with E-state index in [0.717, 1.165) is 44.5 Å². The van der Waals surface area contributed by atoms with E-state index in [-0.39, 0.29) is 5.97 Å². The molecule has 6 heteroatoms. The summed E-state index contributed by atoms with van der Waals surface area (Å²) >= 11 is 6.10. The number of fused-ring (bicyclic) bond motifs is 2. The number of methoxy groups -OCH3 is 1. The fraction of sp³-hybridized carbons (Fsp3) is 0.226. The molecule has 0 aliphatic carbocycles. The van der Waals surface area contributed by atoms with Gasteiger partial charge in [-0.25, -0.2) is 4.98 Å². The molecule has 188 valence electrons. The van der Waals surface area contributed by atoms with Crippen LogP contribution in [0.1, 0.15) is 30.8 Å². The molecule has 0 amide bonds. The Balaban J connectivity index is 1.45. The van der Waals surface area contributed by atoms with Crippen LogP contribution in [0.3, 0.4) is 0 Å². The van der Waals surface area contributed by atoms with Crippen LogP contribution in [0.5, 0.6) is 5.75 Å². The third-order valence-electron chi connectivity index (χ3n) is 6.62. The zero-order valence-corrected chi connectivity index (χ0v) is 22.0. The lowest BCUT2D eigenvalue weighted by molar-refractivity contribution is -0.150. The molecule has 0 fully saturated rings. The van der Waals surface area contributed by atoms with Gasteiger partial charge in [0, 0.05) is 40.0 Å². The van der Waals surface area contributed by atoms with Crippen LogP contribution < -0.4 is 4.74 Å². The monoisotopic (exact) mass is 512 g/mol. The molecular weight excluding hydrogens is 484 g/mol. The average Bonchev–Trinajstić information content (AvgIpc) is 3.23. The molecule has 3 aromatic carbocycles. The second-order valence-electron chi connectivity index (χ2n) is 9.91. The predicted octanol–water partition coefficient (Wildman–Crippen LogP) is 7.21. The van der Waals surface area contributed by atoms with Gasteiger partial charge in [0.05, 0.1) is 23.7 Å². The van der Waals surface area contributed by atoms with Crippen LogP contribution in [-0.2, 0) is 29.1 Å². The SMILES string of the molecule is COC(=O)C(C)(C)Cc1cc2cc(OCc3ccc4ccccc4n3)ccc2n1Cc1ccc(Cl)cc1. The Morgan fingerprint density at radius 3 is 2.51 bits per heavy atom. The summed E-state index contributed by atoms with van der Waals surface area (Å²) in [6.45, 7) is 4.86. The molecule has 0 saturated heterocycles. The number of ether oxygens (including phenoxy) is 2. The van der Waals surface area contributed by atoms with Crippen molar-refractivity contribution in [2.45, 2.75) is 33.4 Å². The van der Waals surface area contributed by atoms with E-state index < -0.39 is 5.41 Å². The zero-order valence-electron chi connectivity index (χ0n) is 21.2. The zero-order chi connectivity index (χ0) is 26.0. The van der Waals surface area contributed by atoms with Crippen molar-refractivity contribution in [3.8, 4) is 5.75 Å². The Morgan fingerprint density at radius 1 is 0.946 bits per heavy atom. The van der Waals surface area contributed by atoms with Crippen LogP contribution >= 0.6 is 11.6 Å². The van der Waals surface area contributed by atoms with Crippen molar-refractivity contribution in [3.05, 3.63) is 107 Å². The van der Waals surface area contributed by atoms with Crippen molar-refractivity contribution in [2.24, 2.45) is 5.41 Å². The number of esters is 1. The van der Waals surface area contributed by atoms with Crippen LogP contribution in [0, 0.1) is 5.41 Å². The van der Waals surface area contributed by atoms with Crippen molar-refractivity contribution >= 4 is 39.4 Å². The van der Waals surface area contributed by atoms with Gasteiger partial charge >= 0.3 is 5.97 Å². The first-order valence-corrected chi connectivity index (χ1v) is 12.6. The first-order valence-electron chi connectivity index (χ1n) is 12.2. The van der Waals surface area contributed by atoms with Crippen molar-refractivity contribution in [1.82, 2.24) is 9.55 Å². The van der Waals surface area contributed by atoms with E-state index in [1.165, 1.54) is 7.11 Å². The molecule has 0 aliphatic rings. The van der Waals surface area contributed by atoms with E-state index in [9.17, 15) is 4.79 Å². The normalized spacial score (nSPS) is 11.7. The van der Waals surface area contributed by atoms with Gasteiger partial charge in [0.15, 0.2) is 0 Å². The number of rotatable bonds is 8. The average molecular weight is 513 g/mol. The molecular formula is C31H29ClN2O3. The van der Waals surface area contributed by atoms with Gasteiger partial charge in [-0.05, 0) is 67.9 Å². The summed E-state index contributed by atoms with van der Waals surface area (Å²) in [6.07, 6.45) is 0.541. The molecule has 37 heavy (non-hydrogen) atoms. The lowest BCUT2D eigenvalue weighted by Gasteiger charge is -2.22. The number of carbonyl (C=O) groups excluding carboxylic acids is 1. The van der Waals surface area contributed by atoms with Crippen molar-refractivity contribution in [3.63, 3.8) is 0 Å². The summed E-state index contributed by atoms with van der Waals surface area (Å²) in [5.41, 5.74) is 4.41. The Hall–Kier alpha value is -3.83. The number of nitrogens with zero attached hydrogens (tertiary/aromatic N) is 2. The summed E-state index contributed by atoms with van der Waals surface area (Å²) in [7, 11) is 1.43. The summed E-state index contributed by atoms with van der Waals surface area (Å²) in [5.74, 6) is 0.535. The van der Waals surface area contributed by atoms with Gasteiger partial charge in [0.1, 0.15) is 12.4 Å². The predicted molar refractivity (Wildman–Crippen MR) is 148 cm³/mol. The van der Waals surface area contributed by atoms with Crippen molar-refractivity contribution in [1.29, 1.82) is 0 Å². The molecule has 0 aliphatic heterocycles. The molecule has 2 aromatic heterocycles. The second-order valence-corrected chi connectivity index (χ2v) is 10.3. The molecule has 5 nitrogen and oxygen atoms in total. The third kappa shape index (κ3) is 5.47. The molecule has 2 heterocycles. The van der Waals surface area contributed by atoms with E-state index in [1.54, 1.807) is 0 Å². The standard InChI is InChI=1S/C31H29ClN2O3/c1-31(2,30(35)36-3)18-26-16-23-17-27(37-20-25-13-10-22-6-4-5-7-28(22)33-25)14-15-29(23)34(26)19-21-8-11-24(32)12-9-21/h4-17H,18-20H2,1-3H3. The number of hydrogen-bond acceptors (Lipinski definition) is 4. The maximum absolute atomic E-state index is 12.4. The molecule has 0 unspecified atom stereocenters. The minimum Gasteiger partial charge on any atom is -0.487 e. The molecule has 5 aromatic rings. The molecule has 0 saturated carbocycles. The maximum atomic E-state index is 12.4. The Labute approximate surface area is 221 Å². The van der Waals surface area contributed by atoms with Crippen molar-refractivity contribution < 1.29 is 14.3 Å². The van der Waals surface area contributed by atoms with Crippen LogP contribution in [0.2, 0.25) is 5.02 Å². The van der Waals surface area contributed by atoms with Crippen LogP contribution in [0.25, 0.3) is 21.8 Å². The Bertz CT molecular complexity index is 1570. The lowest BCUT2D eigenvalue weighted by Crippen LogP contribution is -2.29. The smallest absolute Gasteiger partial charge is 0.311 e. The largest absolute Gasteiger partial charge is 0.487 e. The summed E-state index contributed by atoms with van der Waals surface area (Å²) in [5, 5.41) is 2.86. The number of hydrogen-bond donors (Lipinski definition) is 0. The van der Waals surface area contributed by atoms with Crippen LogP contribution in [0.4, 0.5) is 0 Å². The summed E-state index contributed by atoms with van der Waals surface area (Å²) < 4.78 is 13.4. The van der Waals surface area contributed by atoms with Gasteiger partial charge in [0.2, 0.25) is 0 Å². The molecule has 0 atom stereocenters. The molecule has 0 bridgehead atoms. The second kappa shape index (κ2) is 10.3. The topological polar surface area (TPSA) is 53.4 Å². The van der Waals surface area contributed by atoms with E-state index in [4.69, 9.17) is 26.1 Å². The van der Waals surface area contributed by atoms with Gasteiger partial charge in [-0.3, -0.25) is 4.79 Å². The maximum Gasteiger partial charge on any atom is 0.311 e. The Kier molecular flexibility index (Phi) is 6.90. The van der Waals surface area contributed by atoms with Gasteiger partial charge in [0.25, 0.3) is 0 Å².